The summed E-state index contributed by atoms with van der Waals surface area (Å²) < 4.78 is 0. The molecule has 1 aromatic rings. The van der Waals surface area contributed by atoms with Crippen LogP contribution in [-0.2, 0) is 6.42 Å². The molecule has 0 atom stereocenters. The third-order valence-electron chi connectivity index (χ3n) is 2.35. The lowest BCUT2D eigenvalue weighted by molar-refractivity contribution is 0.694. The van der Waals surface area contributed by atoms with Gasteiger partial charge in [0.25, 0.3) is 0 Å². The van der Waals surface area contributed by atoms with Gasteiger partial charge in [-0.05, 0) is 32.4 Å². The van der Waals surface area contributed by atoms with Crippen molar-refractivity contribution in [3.05, 3.63) is 5.82 Å². The standard InChI is InChI=1S/C6H12N4.C4H9N/c1-2-3-4-5-6-7-9-10-8-6;1-2-4-5-3-1/h2-5H2,1H3,(H,7,8,9,10);5H,1-4H2. The predicted molar refractivity (Wildman–Crippen MR) is 59.5 cm³/mol. The number of aromatic nitrogens is 4. The molecule has 1 fully saturated rings. The van der Waals surface area contributed by atoms with Crippen LogP contribution in [0, 0.1) is 0 Å². The van der Waals surface area contributed by atoms with E-state index in [9.17, 15) is 0 Å². The molecule has 0 aromatic carbocycles. The number of H-pyrrole nitrogens is 1. The fourth-order valence-electron chi connectivity index (χ4n) is 1.45. The van der Waals surface area contributed by atoms with Gasteiger partial charge in [-0.2, -0.15) is 5.21 Å². The number of rotatable bonds is 4. The molecular formula is C10H21N5. The number of unbranched alkanes of at least 4 members (excludes halogenated alkanes) is 2. The number of nitrogens with one attached hydrogen (secondary N) is 2. The summed E-state index contributed by atoms with van der Waals surface area (Å²) in [4.78, 5) is 0. The minimum absolute atomic E-state index is 0.827. The fraction of sp³-hybridized carbons (Fsp3) is 0.900. The zero-order chi connectivity index (χ0) is 10.8. The normalized spacial score (nSPS) is 14.7. The van der Waals surface area contributed by atoms with E-state index in [1.807, 2.05) is 0 Å². The summed E-state index contributed by atoms with van der Waals surface area (Å²) in [7, 11) is 0. The van der Waals surface area contributed by atoms with Crippen LogP contribution in [0.1, 0.15) is 44.9 Å². The summed E-state index contributed by atoms with van der Waals surface area (Å²) in [6.07, 6.45) is 7.37. The van der Waals surface area contributed by atoms with Crippen LogP contribution in [0.4, 0.5) is 0 Å². The number of aryl methyl sites for hydroxylation is 1. The van der Waals surface area contributed by atoms with Crippen molar-refractivity contribution < 1.29 is 0 Å². The lowest BCUT2D eigenvalue weighted by Crippen LogP contribution is -2.03. The van der Waals surface area contributed by atoms with Crippen molar-refractivity contribution in [1.82, 2.24) is 25.9 Å². The maximum absolute atomic E-state index is 3.84. The van der Waals surface area contributed by atoms with E-state index in [4.69, 9.17) is 0 Å². The van der Waals surface area contributed by atoms with Gasteiger partial charge in [0.05, 0.1) is 0 Å². The molecule has 2 N–H and O–H groups in total. The van der Waals surface area contributed by atoms with Gasteiger partial charge in [0, 0.05) is 6.42 Å². The Hall–Kier alpha value is -0.970. The first-order valence-electron chi connectivity index (χ1n) is 5.86. The van der Waals surface area contributed by atoms with Gasteiger partial charge in [-0.1, -0.05) is 25.0 Å². The first kappa shape index (κ1) is 12.1. The van der Waals surface area contributed by atoms with Gasteiger partial charge in [0.2, 0.25) is 0 Å². The fourth-order valence-corrected chi connectivity index (χ4v) is 1.45. The molecule has 2 heterocycles. The van der Waals surface area contributed by atoms with Crippen molar-refractivity contribution in [2.75, 3.05) is 13.1 Å². The predicted octanol–water partition coefficient (Wildman–Crippen LogP) is 1.30. The van der Waals surface area contributed by atoms with Gasteiger partial charge in [0.15, 0.2) is 5.82 Å². The summed E-state index contributed by atoms with van der Waals surface area (Å²) in [6.45, 7) is 4.68. The van der Waals surface area contributed by atoms with Crippen molar-refractivity contribution in [3.8, 4) is 0 Å². The van der Waals surface area contributed by atoms with Crippen molar-refractivity contribution in [3.63, 3.8) is 0 Å². The van der Waals surface area contributed by atoms with Gasteiger partial charge < -0.3 is 5.32 Å². The van der Waals surface area contributed by atoms with Crippen LogP contribution in [0.2, 0.25) is 0 Å². The zero-order valence-corrected chi connectivity index (χ0v) is 9.50. The molecule has 0 spiro atoms. The third kappa shape index (κ3) is 6.17. The first-order chi connectivity index (χ1) is 7.43. The smallest absolute Gasteiger partial charge is 0.174 e. The molecule has 2 rings (SSSR count). The van der Waals surface area contributed by atoms with E-state index >= 15 is 0 Å². The van der Waals surface area contributed by atoms with Crippen molar-refractivity contribution in [2.45, 2.75) is 45.4 Å². The molecule has 15 heavy (non-hydrogen) atoms. The molecule has 1 aliphatic rings. The highest BCUT2D eigenvalue weighted by Crippen LogP contribution is 1.98. The Balaban J connectivity index is 0.000000187. The minimum Gasteiger partial charge on any atom is -0.317 e. The topological polar surface area (TPSA) is 66.5 Å². The van der Waals surface area contributed by atoms with E-state index in [2.05, 4.69) is 32.9 Å². The van der Waals surface area contributed by atoms with Gasteiger partial charge in [-0.25, -0.2) is 0 Å². The lowest BCUT2D eigenvalue weighted by atomic mass is 10.2. The van der Waals surface area contributed by atoms with Gasteiger partial charge in [-0.15, -0.1) is 10.2 Å². The average Bonchev–Trinajstić information content (AvgIpc) is 2.94. The van der Waals surface area contributed by atoms with Crippen LogP contribution >= 0.6 is 0 Å². The molecular weight excluding hydrogens is 190 g/mol. The molecule has 0 unspecified atom stereocenters. The highest BCUT2D eigenvalue weighted by molar-refractivity contribution is 4.74. The summed E-state index contributed by atoms with van der Waals surface area (Å²) in [5.41, 5.74) is 0. The van der Waals surface area contributed by atoms with Gasteiger partial charge in [-0.3, -0.25) is 0 Å². The molecule has 1 saturated heterocycles. The van der Waals surface area contributed by atoms with Gasteiger partial charge >= 0.3 is 0 Å². The first-order valence-corrected chi connectivity index (χ1v) is 5.86. The summed E-state index contributed by atoms with van der Waals surface area (Å²) >= 11 is 0. The Morgan fingerprint density at radius 3 is 2.47 bits per heavy atom. The van der Waals surface area contributed by atoms with Crippen LogP contribution in [0.3, 0.4) is 0 Å². The average molecular weight is 211 g/mol. The lowest BCUT2D eigenvalue weighted by Gasteiger charge is -1.90. The van der Waals surface area contributed by atoms with Crippen LogP contribution in [0.5, 0.6) is 0 Å². The largest absolute Gasteiger partial charge is 0.317 e. The molecule has 0 amide bonds. The number of hydrogen-bond acceptors (Lipinski definition) is 4. The maximum Gasteiger partial charge on any atom is 0.174 e. The molecule has 1 aromatic heterocycles. The molecule has 0 bridgehead atoms. The second-order valence-corrected chi connectivity index (χ2v) is 3.74. The van der Waals surface area contributed by atoms with Crippen molar-refractivity contribution in [2.24, 2.45) is 0 Å². The summed E-state index contributed by atoms with van der Waals surface area (Å²) in [6, 6.07) is 0. The van der Waals surface area contributed by atoms with Gasteiger partial charge in [0.1, 0.15) is 0 Å². The Morgan fingerprint density at radius 1 is 1.20 bits per heavy atom. The summed E-state index contributed by atoms with van der Waals surface area (Å²) in [5, 5.41) is 16.8. The van der Waals surface area contributed by atoms with E-state index < -0.39 is 0 Å². The number of nitrogens with zero attached hydrogens (tertiary/aromatic N) is 3. The van der Waals surface area contributed by atoms with Crippen LogP contribution in [0.25, 0.3) is 0 Å². The molecule has 5 nitrogen and oxygen atoms in total. The Kier molecular flexibility index (Phi) is 6.73. The molecule has 1 aliphatic heterocycles. The van der Waals surface area contributed by atoms with Crippen LogP contribution < -0.4 is 5.32 Å². The van der Waals surface area contributed by atoms with Crippen LogP contribution in [0.15, 0.2) is 0 Å². The molecule has 86 valence electrons. The van der Waals surface area contributed by atoms with E-state index in [-0.39, 0.29) is 0 Å². The highest BCUT2D eigenvalue weighted by atomic mass is 15.5. The number of aromatic amines is 1. The quantitative estimate of drug-likeness (QED) is 0.737. The van der Waals surface area contributed by atoms with E-state index in [1.165, 1.54) is 38.8 Å². The Labute approximate surface area is 91.0 Å². The second kappa shape index (κ2) is 8.35. The number of tetrazole rings is 1. The van der Waals surface area contributed by atoms with E-state index in [1.54, 1.807) is 0 Å². The van der Waals surface area contributed by atoms with Crippen molar-refractivity contribution >= 4 is 0 Å². The Bertz CT molecular complexity index is 210. The number of hydrogen-bond donors (Lipinski definition) is 2. The zero-order valence-electron chi connectivity index (χ0n) is 9.50. The maximum atomic E-state index is 3.84. The third-order valence-corrected chi connectivity index (χ3v) is 2.35. The monoisotopic (exact) mass is 211 g/mol. The highest BCUT2D eigenvalue weighted by Gasteiger charge is 1.95. The molecule has 5 heteroatoms. The Morgan fingerprint density at radius 2 is 2.00 bits per heavy atom. The van der Waals surface area contributed by atoms with Crippen LogP contribution in [-0.4, -0.2) is 33.7 Å². The molecule has 0 saturated carbocycles. The molecule has 0 aliphatic carbocycles. The SMILES string of the molecule is C1CCNC1.CCCCCc1nn[nH]n1. The van der Waals surface area contributed by atoms with Crippen molar-refractivity contribution in [1.29, 1.82) is 0 Å². The molecule has 0 radical (unpaired) electrons. The van der Waals surface area contributed by atoms with E-state index in [0.717, 1.165) is 18.7 Å². The minimum atomic E-state index is 0.827. The van der Waals surface area contributed by atoms with E-state index in [0.29, 0.717) is 0 Å². The summed E-state index contributed by atoms with van der Waals surface area (Å²) in [5.74, 6) is 0.827. The second-order valence-electron chi connectivity index (χ2n) is 3.74.